The SMILES string of the molecule is COC(=O)Cc1ccccc1CN(C)c1cc(Cl)cc(NCC2CCCO2)c1. The maximum atomic E-state index is 11.7. The van der Waals surface area contributed by atoms with Crippen molar-refractivity contribution in [3.05, 3.63) is 58.6 Å². The molecule has 28 heavy (non-hydrogen) atoms. The molecule has 6 heteroatoms. The fraction of sp³-hybridized carbons (Fsp3) is 0.409. The van der Waals surface area contributed by atoms with Crippen LogP contribution in [0.3, 0.4) is 0 Å². The molecule has 3 rings (SSSR count). The summed E-state index contributed by atoms with van der Waals surface area (Å²) < 4.78 is 10.5. The van der Waals surface area contributed by atoms with Crippen LogP contribution in [-0.2, 0) is 27.2 Å². The van der Waals surface area contributed by atoms with Crippen molar-refractivity contribution in [1.82, 2.24) is 0 Å². The molecule has 5 nitrogen and oxygen atoms in total. The Balaban J connectivity index is 1.70. The predicted molar refractivity (Wildman–Crippen MR) is 113 cm³/mol. The Labute approximate surface area is 171 Å². The number of carbonyl (C=O) groups excluding carboxylic acids is 1. The second-order valence-electron chi connectivity index (χ2n) is 7.09. The highest BCUT2D eigenvalue weighted by atomic mass is 35.5. The third kappa shape index (κ3) is 5.63. The Kier molecular flexibility index (Phi) is 7.18. The van der Waals surface area contributed by atoms with Crippen molar-refractivity contribution < 1.29 is 14.3 Å². The first-order valence-corrected chi connectivity index (χ1v) is 9.93. The van der Waals surface area contributed by atoms with Gasteiger partial charge in [-0.15, -0.1) is 0 Å². The molecule has 0 aromatic heterocycles. The summed E-state index contributed by atoms with van der Waals surface area (Å²) in [4.78, 5) is 13.8. The van der Waals surface area contributed by atoms with Crippen LogP contribution in [0.2, 0.25) is 5.02 Å². The average Bonchev–Trinajstić information content (AvgIpc) is 3.21. The molecule has 1 unspecified atom stereocenters. The Morgan fingerprint density at radius 3 is 2.79 bits per heavy atom. The molecule has 0 aliphatic carbocycles. The van der Waals surface area contributed by atoms with Gasteiger partial charge < -0.3 is 19.7 Å². The Hall–Kier alpha value is -2.24. The highest BCUT2D eigenvalue weighted by Crippen LogP contribution is 2.27. The third-order valence-electron chi connectivity index (χ3n) is 4.97. The first kappa shape index (κ1) is 20.5. The second-order valence-corrected chi connectivity index (χ2v) is 7.53. The summed E-state index contributed by atoms with van der Waals surface area (Å²) >= 11 is 6.35. The number of hydrogen-bond acceptors (Lipinski definition) is 5. The van der Waals surface area contributed by atoms with Gasteiger partial charge in [0.15, 0.2) is 0 Å². The van der Waals surface area contributed by atoms with E-state index in [9.17, 15) is 4.79 Å². The zero-order valence-corrected chi connectivity index (χ0v) is 17.2. The maximum absolute atomic E-state index is 11.7. The molecule has 1 aliphatic rings. The number of rotatable bonds is 8. The first-order valence-electron chi connectivity index (χ1n) is 9.56. The zero-order chi connectivity index (χ0) is 19.9. The van der Waals surface area contributed by atoms with Crippen molar-refractivity contribution in [2.45, 2.75) is 31.9 Å². The normalized spacial score (nSPS) is 16.0. The summed E-state index contributed by atoms with van der Waals surface area (Å²) in [6.07, 6.45) is 2.76. The summed E-state index contributed by atoms with van der Waals surface area (Å²) in [6.45, 7) is 2.30. The number of methoxy groups -OCH3 is 1. The lowest BCUT2D eigenvalue weighted by Crippen LogP contribution is -2.20. The minimum Gasteiger partial charge on any atom is -0.469 e. The van der Waals surface area contributed by atoms with Gasteiger partial charge >= 0.3 is 5.97 Å². The summed E-state index contributed by atoms with van der Waals surface area (Å²) in [5, 5.41) is 4.12. The van der Waals surface area contributed by atoms with Crippen molar-refractivity contribution >= 4 is 28.9 Å². The number of benzene rings is 2. The van der Waals surface area contributed by atoms with Crippen molar-refractivity contribution in [3.63, 3.8) is 0 Å². The molecule has 0 radical (unpaired) electrons. The zero-order valence-electron chi connectivity index (χ0n) is 16.4. The fourth-order valence-corrected chi connectivity index (χ4v) is 3.62. The Bertz CT molecular complexity index is 806. The molecule has 0 bridgehead atoms. The molecular weight excluding hydrogens is 376 g/mol. The molecule has 1 fully saturated rings. The van der Waals surface area contributed by atoms with Crippen molar-refractivity contribution in [1.29, 1.82) is 0 Å². The standard InChI is InChI=1S/C22H27ClN2O3/c1-25(15-17-7-4-3-6-16(17)10-22(26)27-2)20-12-18(23)11-19(13-20)24-14-21-8-5-9-28-21/h3-4,6-7,11-13,21,24H,5,8-10,14-15H2,1-2H3. The van der Waals surface area contributed by atoms with Crippen molar-refractivity contribution in [2.75, 3.05) is 37.5 Å². The molecule has 1 heterocycles. The lowest BCUT2D eigenvalue weighted by atomic mass is 10.0. The topological polar surface area (TPSA) is 50.8 Å². The van der Waals surface area contributed by atoms with E-state index in [1.54, 1.807) is 0 Å². The molecule has 1 N–H and O–H groups in total. The smallest absolute Gasteiger partial charge is 0.309 e. The van der Waals surface area contributed by atoms with E-state index in [2.05, 4.69) is 16.3 Å². The van der Waals surface area contributed by atoms with Gasteiger partial charge in [0.25, 0.3) is 0 Å². The number of carbonyl (C=O) groups is 1. The summed E-state index contributed by atoms with van der Waals surface area (Å²) in [5.74, 6) is -0.238. The minimum absolute atomic E-state index is 0.238. The predicted octanol–water partition coefficient (Wildman–Crippen LogP) is 4.28. The molecule has 150 valence electrons. The number of nitrogens with zero attached hydrogens (tertiary/aromatic N) is 1. The minimum atomic E-state index is -0.238. The average molecular weight is 403 g/mol. The Morgan fingerprint density at radius 1 is 1.29 bits per heavy atom. The molecule has 0 spiro atoms. The van der Waals surface area contributed by atoms with Gasteiger partial charge in [0.1, 0.15) is 0 Å². The highest BCUT2D eigenvalue weighted by Gasteiger charge is 2.15. The van der Waals surface area contributed by atoms with Gasteiger partial charge in [-0.25, -0.2) is 0 Å². The van der Waals surface area contributed by atoms with E-state index < -0.39 is 0 Å². The Morgan fingerprint density at radius 2 is 2.07 bits per heavy atom. The maximum Gasteiger partial charge on any atom is 0.309 e. The van der Waals surface area contributed by atoms with Gasteiger partial charge in [0.2, 0.25) is 0 Å². The molecule has 2 aromatic carbocycles. The third-order valence-corrected chi connectivity index (χ3v) is 5.19. The molecule has 1 aliphatic heterocycles. The number of ether oxygens (including phenoxy) is 2. The molecule has 0 amide bonds. The number of nitrogens with one attached hydrogen (secondary N) is 1. The van der Waals surface area contributed by atoms with E-state index in [0.29, 0.717) is 11.6 Å². The molecule has 0 saturated carbocycles. The van der Waals surface area contributed by atoms with Gasteiger partial charge in [0, 0.05) is 43.1 Å². The number of anilines is 2. The van der Waals surface area contributed by atoms with Crippen LogP contribution in [0.1, 0.15) is 24.0 Å². The number of esters is 1. The first-order chi connectivity index (χ1) is 13.5. The van der Waals surface area contributed by atoms with Crippen molar-refractivity contribution in [2.24, 2.45) is 0 Å². The molecule has 1 saturated heterocycles. The van der Waals surface area contributed by atoms with Gasteiger partial charge in [-0.3, -0.25) is 4.79 Å². The molecule has 1 atom stereocenters. The summed E-state index contributed by atoms with van der Waals surface area (Å²) in [5.41, 5.74) is 4.05. The quantitative estimate of drug-likeness (QED) is 0.668. The van der Waals surface area contributed by atoms with E-state index in [1.807, 2.05) is 43.4 Å². The van der Waals surface area contributed by atoms with E-state index in [4.69, 9.17) is 21.1 Å². The highest BCUT2D eigenvalue weighted by molar-refractivity contribution is 6.31. The molecular formula is C22H27ClN2O3. The van der Waals surface area contributed by atoms with Gasteiger partial charge in [0.05, 0.1) is 19.6 Å². The lowest BCUT2D eigenvalue weighted by Gasteiger charge is -2.22. The van der Waals surface area contributed by atoms with Gasteiger partial charge in [-0.2, -0.15) is 0 Å². The van der Waals surface area contributed by atoms with E-state index in [-0.39, 0.29) is 18.5 Å². The largest absolute Gasteiger partial charge is 0.469 e. The van der Waals surface area contributed by atoms with E-state index in [1.165, 1.54) is 7.11 Å². The van der Waals surface area contributed by atoms with Crippen LogP contribution in [0.5, 0.6) is 0 Å². The van der Waals surface area contributed by atoms with Crippen LogP contribution in [0, 0.1) is 0 Å². The van der Waals surface area contributed by atoms with Crippen LogP contribution in [0.4, 0.5) is 11.4 Å². The van der Waals surface area contributed by atoms with Gasteiger partial charge in [-0.1, -0.05) is 35.9 Å². The van der Waals surface area contributed by atoms with Crippen LogP contribution in [0.15, 0.2) is 42.5 Å². The van der Waals surface area contributed by atoms with Crippen LogP contribution in [0.25, 0.3) is 0 Å². The second kappa shape index (κ2) is 9.80. The lowest BCUT2D eigenvalue weighted by molar-refractivity contribution is -0.139. The number of hydrogen-bond donors (Lipinski definition) is 1. The van der Waals surface area contributed by atoms with E-state index >= 15 is 0 Å². The summed E-state index contributed by atoms with van der Waals surface area (Å²) in [6, 6.07) is 13.9. The fourth-order valence-electron chi connectivity index (χ4n) is 3.39. The van der Waals surface area contributed by atoms with Gasteiger partial charge in [-0.05, 0) is 42.2 Å². The van der Waals surface area contributed by atoms with Crippen LogP contribution >= 0.6 is 11.6 Å². The number of halogens is 1. The summed E-state index contributed by atoms with van der Waals surface area (Å²) in [7, 11) is 3.43. The van der Waals surface area contributed by atoms with Crippen LogP contribution in [-0.4, -0.2) is 39.4 Å². The monoisotopic (exact) mass is 402 g/mol. The molecule has 2 aromatic rings. The van der Waals surface area contributed by atoms with E-state index in [0.717, 1.165) is 48.5 Å². The van der Waals surface area contributed by atoms with Crippen molar-refractivity contribution in [3.8, 4) is 0 Å². The van der Waals surface area contributed by atoms with Crippen LogP contribution < -0.4 is 10.2 Å².